The van der Waals surface area contributed by atoms with Crippen molar-refractivity contribution in [2.45, 2.75) is 27.7 Å². The number of benzene rings is 2. The van der Waals surface area contributed by atoms with Gasteiger partial charge in [0.15, 0.2) is 11.7 Å². The van der Waals surface area contributed by atoms with Crippen LogP contribution in [0.15, 0.2) is 36.4 Å². The SMILES string of the molecule is Cc1cc(C)c(C)c(OCC(=O)Nc2nc(-c3ccc(Cl)cc3)c(C)s2)c1. The van der Waals surface area contributed by atoms with Crippen LogP contribution in [-0.4, -0.2) is 17.5 Å². The van der Waals surface area contributed by atoms with Gasteiger partial charge in [0.05, 0.1) is 5.69 Å². The van der Waals surface area contributed by atoms with Crippen LogP contribution in [0.3, 0.4) is 0 Å². The number of rotatable bonds is 5. The maximum absolute atomic E-state index is 12.3. The average molecular weight is 401 g/mol. The summed E-state index contributed by atoms with van der Waals surface area (Å²) in [6, 6.07) is 11.5. The van der Waals surface area contributed by atoms with Crippen LogP contribution in [0.4, 0.5) is 5.13 Å². The number of carbonyl (C=O) groups excluding carboxylic acids is 1. The molecule has 0 saturated carbocycles. The summed E-state index contributed by atoms with van der Waals surface area (Å²) in [6.45, 7) is 7.96. The Morgan fingerprint density at radius 1 is 1.15 bits per heavy atom. The maximum Gasteiger partial charge on any atom is 0.264 e. The fourth-order valence-corrected chi connectivity index (χ4v) is 3.75. The van der Waals surface area contributed by atoms with Crippen molar-refractivity contribution in [2.24, 2.45) is 0 Å². The molecule has 27 heavy (non-hydrogen) atoms. The Kier molecular flexibility index (Phi) is 5.82. The van der Waals surface area contributed by atoms with Gasteiger partial charge in [-0.25, -0.2) is 4.98 Å². The molecule has 2 aromatic carbocycles. The molecule has 0 aliphatic rings. The third kappa shape index (κ3) is 4.67. The molecular formula is C21H21ClN2O2S. The van der Waals surface area contributed by atoms with E-state index >= 15 is 0 Å². The second-order valence-corrected chi connectivity index (χ2v) is 8.11. The lowest BCUT2D eigenvalue weighted by Gasteiger charge is -2.11. The van der Waals surface area contributed by atoms with Gasteiger partial charge in [0, 0.05) is 15.5 Å². The van der Waals surface area contributed by atoms with E-state index in [9.17, 15) is 4.79 Å². The molecule has 0 saturated heterocycles. The van der Waals surface area contributed by atoms with E-state index in [1.807, 2.05) is 58.0 Å². The van der Waals surface area contributed by atoms with Gasteiger partial charge in [0.25, 0.3) is 5.91 Å². The Morgan fingerprint density at radius 2 is 1.85 bits per heavy atom. The highest BCUT2D eigenvalue weighted by Gasteiger charge is 2.13. The summed E-state index contributed by atoms with van der Waals surface area (Å²) in [6.07, 6.45) is 0. The highest BCUT2D eigenvalue weighted by molar-refractivity contribution is 7.16. The number of hydrogen-bond acceptors (Lipinski definition) is 4. The van der Waals surface area contributed by atoms with Crippen molar-refractivity contribution in [1.29, 1.82) is 0 Å². The minimum atomic E-state index is -0.232. The van der Waals surface area contributed by atoms with E-state index in [0.717, 1.165) is 38.6 Å². The van der Waals surface area contributed by atoms with Gasteiger partial charge >= 0.3 is 0 Å². The third-order valence-corrected chi connectivity index (χ3v) is 5.42. The molecule has 0 fully saturated rings. The molecule has 6 heteroatoms. The van der Waals surface area contributed by atoms with E-state index in [1.54, 1.807) is 0 Å². The summed E-state index contributed by atoms with van der Waals surface area (Å²) in [5, 5.41) is 4.06. The van der Waals surface area contributed by atoms with Gasteiger partial charge < -0.3 is 4.74 Å². The van der Waals surface area contributed by atoms with Crippen molar-refractivity contribution in [3.8, 4) is 17.0 Å². The molecule has 0 aliphatic heterocycles. The first kappa shape index (κ1) is 19.4. The van der Waals surface area contributed by atoms with Crippen LogP contribution in [0, 0.1) is 27.7 Å². The Morgan fingerprint density at radius 3 is 2.56 bits per heavy atom. The van der Waals surface area contributed by atoms with Gasteiger partial charge in [-0.05, 0) is 62.6 Å². The number of nitrogens with zero attached hydrogens (tertiary/aromatic N) is 1. The van der Waals surface area contributed by atoms with Crippen LogP contribution >= 0.6 is 22.9 Å². The number of ether oxygens (including phenoxy) is 1. The number of carbonyl (C=O) groups is 1. The average Bonchev–Trinajstić information content (AvgIpc) is 2.97. The van der Waals surface area contributed by atoms with Crippen LogP contribution in [0.25, 0.3) is 11.3 Å². The first-order valence-electron chi connectivity index (χ1n) is 8.57. The predicted molar refractivity (Wildman–Crippen MR) is 112 cm³/mol. The maximum atomic E-state index is 12.3. The molecule has 140 valence electrons. The first-order valence-corrected chi connectivity index (χ1v) is 9.77. The van der Waals surface area contributed by atoms with E-state index < -0.39 is 0 Å². The minimum absolute atomic E-state index is 0.0569. The number of nitrogens with one attached hydrogen (secondary N) is 1. The molecule has 0 aliphatic carbocycles. The summed E-state index contributed by atoms with van der Waals surface area (Å²) in [4.78, 5) is 17.8. The van der Waals surface area contributed by atoms with Gasteiger partial charge in [-0.2, -0.15) is 0 Å². The van der Waals surface area contributed by atoms with Crippen molar-refractivity contribution >= 4 is 34.0 Å². The topological polar surface area (TPSA) is 51.2 Å². The monoisotopic (exact) mass is 400 g/mol. The summed E-state index contributed by atoms with van der Waals surface area (Å²) < 4.78 is 5.72. The van der Waals surface area contributed by atoms with Crippen molar-refractivity contribution in [2.75, 3.05) is 11.9 Å². The van der Waals surface area contributed by atoms with E-state index in [4.69, 9.17) is 16.3 Å². The Labute approximate surface area is 168 Å². The van der Waals surface area contributed by atoms with Crippen LogP contribution in [-0.2, 0) is 4.79 Å². The van der Waals surface area contributed by atoms with E-state index in [1.165, 1.54) is 11.3 Å². The smallest absolute Gasteiger partial charge is 0.264 e. The third-order valence-electron chi connectivity index (χ3n) is 4.28. The lowest BCUT2D eigenvalue weighted by Crippen LogP contribution is -2.20. The van der Waals surface area contributed by atoms with Crippen LogP contribution in [0.5, 0.6) is 5.75 Å². The van der Waals surface area contributed by atoms with E-state index in [0.29, 0.717) is 10.2 Å². The standard InChI is InChI=1S/C21H21ClN2O2S/c1-12-9-13(2)14(3)18(10-12)26-11-19(25)23-21-24-20(15(4)27-21)16-5-7-17(22)8-6-16/h5-10H,11H2,1-4H3,(H,23,24,25). The van der Waals surface area contributed by atoms with Crippen LogP contribution < -0.4 is 10.1 Å². The first-order chi connectivity index (χ1) is 12.8. The molecule has 1 heterocycles. The van der Waals surface area contributed by atoms with E-state index in [-0.39, 0.29) is 12.5 Å². The summed E-state index contributed by atoms with van der Waals surface area (Å²) in [5.74, 6) is 0.504. The van der Waals surface area contributed by atoms with E-state index in [2.05, 4.69) is 16.4 Å². The van der Waals surface area contributed by atoms with Crippen molar-refractivity contribution in [3.05, 3.63) is 63.0 Å². The fraction of sp³-hybridized carbons (Fsp3) is 0.238. The molecule has 0 spiro atoms. The van der Waals surface area contributed by atoms with Crippen molar-refractivity contribution < 1.29 is 9.53 Å². The molecule has 0 unspecified atom stereocenters. The van der Waals surface area contributed by atoms with Gasteiger partial charge in [-0.1, -0.05) is 29.8 Å². The predicted octanol–water partition coefficient (Wildman–Crippen LogP) is 5.71. The number of anilines is 1. The zero-order valence-corrected chi connectivity index (χ0v) is 17.3. The molecule has 0 radical (unpaired) electrons. The van der Waals surface area contributed by atoms with Crippen molar-refractivity contribution in [1.82, 2.24) is 4.98 Å². The highest BCUT2D eigenvalue weighted by atomic mass is 35.5. The second-order valence-electron chi connectivity index (χ2n) is 6.47. The largest absolute Gasteiger partial charge is 0.483 e. The molecule has 4 nitrogen and oxygen atoms in total. The molecule has 3 rings (SSSR count). The number of amides is 1. The Bertz CT molecular complexity index is 981. The fourth-order valence-electron chi connectivity index (χ4n) is 2.77. The summed E-state index contributed by atoms with van der Waals surface area (Å²) >= 11 is 7.38. The highest BCUT2D eigenvalue weighted by Crippen LogP contribution is 2.31. The zero-order chi connectivity index (χ0) is 19.6. The number of hydrogen-bond donors (Lipinski definition) is 1. The lowest BCUT2D eigenvalue weighted by molar-refractivity contribution is -0.118. The number of aryl methyl sites for hydroxylation is 3. The Hall–Kier alpha value is -2.37. The molecule has 0 atom stereocenters. The zero-order valence-electron chi connectivity index (χ0n) is 15.7. The Balaban J connectivity index is 1.67. The van der Waals surface area contributed by atoms with Crippen LogP contribution in [0.1, 0.15) is 21.6 Å². The van der Waals surface area contributed by atoms with Gasteiger partial charge in [-0.15, -0.1) is 11.3 Å². The quantitative estimate of drug-likeness (QED) is 0.596. The molecule has 1 N–H and O–H groups in total. The molecule has 1 aromatic heterocycles. The number of thiazole rings is 1. The summed E-state index contributed by atoms with van der Waals surface area (Å²) in [7, 11) is 0. The number of halogens is 1. The normalized spacial score (nSPS) is 10.7. The molecule has 3 aromatic rings. The molecule has 1 amide bonds. The van der Waals surface area contributed by atoms with Gasteiger partial charge in [0.2, 0.25) is 0 Å². The lowest BCUT2D eigenvalue weighted by atomic mass is 10.1. The molecular weight excluding hydrogens is 380 g/mol. The summed E-state index contributed by atoms with van der Waals surface area (Å²) in [5.41, 5.74) is 5.11. The second kappa shape index (κ2) is 8.11. The van der Waals surface area contributed by atoms with Crippen LogP contribution in [0.2, 0.25) is 5.02 Å². The number of aromatic nitrogens is 1. The van der Waals surface area contributed by atoms with Gasteiger partial charge in [-0.3, -0.25) is 10.1 Å². The van der Waals surface area contributed by atoms with Crippen molar-refractivity contribution in [3.63, 3.8) is 0 Å². The molecule has 0 bridgehead atoms. The van der Waals surface area contributed by atoms with Gasteiger partial charge in [0.1, 0.15) is 5.75 Å². The minimum Gasteiger partial charge on any atom is -0.483 e.